The molecule has 1 aliphatic rings. The topological polar surface area (TPSA) is 3.24 Å². The minimum atomic E-state index is 0.556. The van der Waals surface area contributed by atoms with Gasteiger partial charge in [0.25, 0.3) is 0 Å². The van der Waals surface area contributed by atoms with Gasteiger partial charge in [0.15, 0.2) is 0 Å². The Hall–Kier alpha value is -2.28. The lowest BCUT2D eigenvalue weighted by molar-refractivity contribution is 0.371. The van der Waals surface area contributed by atoms with Gasteiger partial charge in [0.05, 0.1) is 0 Å². The van der Waals surface area contributed by atoms with Gasteiger partial charge in [-0.25, -0.2) is 0 Å². The molecule has 0 N–H and O–H groups in total. The van der Waals surface area contributed by atoms with Gasteiger partial charge in [-0.2, -0.15) is 0 Å². The van der Waals surface area contributed by atoms with E-state index in [1.807, 2.05) is 0 Å². The summed E-state index contributed by atoms with van der Waals surface area (Å²) in [5.74, 6) is 0.674. The molecule has 0 spiro atoms. The van der Waals surface area contributed by atoms with Crippen LogP contribution in [0.15, 0.2) is 72.8 Å². The molecular weight excluding hydrogens is 290 g/mol. The lowest BCUT2D eigenvalue weighted by atomic mass is 9.82. The third-order valence-corrected chi connectivity index (χ3v) is 5.50. The van der Waals surface area contributed by atoms with E-state index in [1.165, 1.54) is 34.9 Å². The Kier molecular flexibility index (Phi) is 4.02. The fourth-order valence-electron chi connectivity index (χ4n) is 4.42. The van der Waals surface area contributed by atoms with Gasteiger partial charge in [0, 0.05) is 17.8 Å². The molecule has 3 aromatic carbocycles. The number of fused-ring (bicyclic) bond motifs is 1. The Labute approximate surface area is 144 Å². The van der Waals surface area contributed by atoms with Crippen molar-refractivity contribution in [2.75, 3.05) is 4.90 Å². The first-order valence-electron chi connectivity index (χ1n) is 9.04. The van der Waals surface area contributed by atoms with E-state index in [1.54, 1.807) is 0 Å². The van der Waals surface area contributed by atoms with E-state index in [0.29, 0.717) is 18.0 Å². The highest BCUT2D eigenvalue weighted by molar-refractivity contribution is 5.86. The first kappa shape index (κ1) is 15.3. The summed E-state index contributed by atoms with van der Waals surface area (Å²) in [5, 5.41) is 2.65. The summed E-state index contributed by atoms with van der Waals surface area (Å²) in [6.45, 7) is 4.75. The van der Waals surface area contributed by atoms with Crippen LogP contribution < -0.4 is 4.90 Å². The molecule has 0 saturated carbocycles. The van der Waals surface area contributed by atoms with Crippen molar-refractivity contribution >= 4 is 16.5 Å². The van der Waals surface area contributed by atoms with Gasteiger partial charge >= 0.3 is 0 Å². The molecule has 1 heteroatoms. The van der Waals surface area contributed by atoms with E-state index in [2.05, 4.69) is 91.5 Å². The van der Waals surface area contributed by atoms with Crippen LogP contribution in [0.4, 0.5) is 5.69 Å². The van der Waals surface area contributed by atoms with Crippen LogP contribution in [0, 0.1) is 0 Å². The molecule has 1 fully saturated rings. The van der Waals surface area contributed by atoms with Gasteiger partial charge in [0.2, 0.25) is 0 Å². The largest absolute Gasteiger partial charge is 0.366 e. The number of nitrogens with zero attached hydrogens (tertiary/aromatic N) is 1. The quantitative estimate of drug-likeness (QED) is 0.560. The fraction of sp³-hybridized carbons (Fsp3) is 0.304. The van der Waals surface area contributed by atoms with Crippen molar-refractivity contribution in [3.63, 3.8) is 0 Å². The van der Waals surface area contributed by atoms with Crippen LogP contribution in [0.3, 0.4) is 0 Å². The zero-order valence-electron chi connectivity index (χ0n) is 14.5. The fourth-order valence-corrected chi connectivity index (χ4v) is 4.42. The molecule has 1 heterocycles. The molecule has 1 nitrogen and oxygen atoms in total. The van der Waals surface area contributed by atoms with Gasteiger partial charge in [-0.05, 0) is 61.1 Å². The van der Waals surface area contributed by atoms with Crippen molar-refractivity contribution in [1.82, 2.24) is 0 Å². The van der Waals surface area contributed by atoms with Crippen LogP contribution in [0.25, 0.3) is 10.8 Å². The Balaban J connectivity index is 1.62. The van der Waals surface area contributed by atoms with Crippen LogP contribution in [-0.4, -0.2) is 12.1 Å². The number of piperidine rings is 1. The molecule has 0 bridgehead atoms. The first-order chi connectivity index (χ1) is 11.7. The third kappa shape index (κ3) is 2.80. The summed E-state index contributed by atoms with van der Waals surface area (Å²) in [4.78, 5) is 2.62. The second-order valence-corrected chi connectivity index (χ2v) is 7.22. The average molecular weight is 315 g/mol. The molecule has 0 radical (unpaired) electrons. The molecule has 0 amide bonds. The number of hydrogen-bond donors (Lipinski definition) is 0. The van der Waals surface area contributed by atoms with Crippen molar-refractivity contribution < 1.29 is 0 Å². The molecular formula is C23H25N. The third-order valence-electron chi connectivity index (χ3n) is 5.50. The van der Waals surface area contributed by atoms with Crippen LogP contribution in [0.5, 0.6) is 0 Å². The highest BCUT2D eigenvalue weighted by Gasteiger charge is 2.31. The summed E-state index contributed by atoms with van der Waals surface area (Å²) in [7, 11) is 0. The second-order valence-electron chi connectivity index (χ2n) is 7.22. The molecule has 0 unspecified atom stereocenters. The predicted octanol–water partition coefficient (Wildman–Crippen LogP) is 6.00. The minimum absolute atomic E-state index is 0.556. The summed E-state index contributed by atoms with van der Waals surface area (Å²) in [5.41, 5.74) is 2.86. The lowest BCUT2D eigenvalue weighted by Gasteiger charge is -2.44. The maximum Gasteiger partial charge on any atom is 0.0377 e. The Bertz CT molecular complexity index is 812. The molecule has 0 aliphatic carbocycles. The van der Waals surface area contributed by atoms with Crippen LogP contribution in [-0.2, 0) is 0 Å². The maximum absolute atomic E-state index is 2.62. The van der Waals surface area contributed by atoms with Crippen molar-refractivity contribution in [3.8, 4) is 0 Å². The SMILES string of the molecule is C[C@@H]1CC(c2ccccc2)C[C@@H](C)N1c1ccc2ccccc2c1. The Morgan fingerprint density at radius 2 is 1.33 bits per heavy atom. The van der Waals surface area contributed by atoms with Crippen LogP contribution in [0.2, 0.25) is 0 Å². The normalized spacial score (nSPS) is 24.2. The van der Waals surface area contributed by atoms with Gasteiger partial charge in [-0.1, -0.05) is 60.7 Å². The first-order valence-corrected chi connectivity index (χ1v) is 9.04. The summed E-state index contributed by atoms with van der Waals surface area (Å²) in [6, 6.07) is 27.7. The summed E-state index contributed by atoms with van der Waals surface area (Å²) in [6.07, 6.45) is 2.45. The van der Waals surface area contributed by atoms with E-state index in [-0.39, 0.29) is 0 Å². The van der Waals surface area contributed by atoms with E-state index < -0.39 is 0 Å². The van der Waals surface area contributed by atoms with Gasteiger partial charge in [-0.15, -0.1) is 0 Å². The van der Waals surface area contributed by atoms with Gasteiger partial charge in [-0.3, -0.25) is 0 Å². The predicted molar refractivity (Wildman–Crippen MR) is 104 cm³/mol. The molecule has 4 rings (SSSR count). The molecule has 1 aliphatic heterocycles. The van der Waals surface area contributed by atoms with Crippen LogP contribution >= 0.6 is 0 Å². The average Bonchev–Trinajstić information content (AvgIpc) is 2.62. The van der Waals surface area contributed by atoms with Gasteiger partial charge < -0.3 is 4.90 Å². The number of anilines is 1. The molecule has 122 valence electrons. The van der Waals surface area contributed by atoms with Crippen molar-refractivity contribution in [1.29, 1.82) is 0 Å². The highest BCUT2D eigenvalue weighted by atomic mass is 15.2. The Morgan fingerprint density at radius 3 is 2.04 bits per heavy atom. The van der Waals surface area contributed by atoms with E-state index in [9.17, 15) is 0 Å². The van der Waals surface area contributed by atoms with Crippen LogP contribution in [0.1, 0.15) is 38.2 Å². The Morgan fingerprint density at radius 1 is 0.708 bits per heavy atom. The second kappa shape index (κ2) is 6.32. The zero-order valence-corrected chi connectivity index (χ0v) is 14.5. The number of benzene rings is 3. The lowest BCUT2D eigenvalue weighted by Crippen LogP contribution is -2.46. The molecule has 1 saturated heterocycles. The smallest absolute Gasteiger partial charge is 0.0377 e. The summed E-state index contributed by atoms with van der Waals surface area (Å²) >= 11 is 0. The van der Waals surface area contributed by atoms with E-state index >= 15 is 0 Å². The van der Waals surface area contributed by atoms with Crippen molar-refractivity contribution in [3.05, 3.63) is 78.4 Å². The van der Waals surface area contributed by atoms with E-state index in [4.69, 9.17) is 0 Å². The highest BCUT2D eigenvalue weighted by Crippen LogP contribution is 2.38. The van der Waals surface area contributed by atoms with Gasteiger partial charge in [0.1, 0.15) is 0 Å². The monoisotopic (exact) mass is 315 g/mol. The minimum Gasteiger partial charge on any atom is -0.366 e. The number of rotatable bonds is 2. The molecule has 2 atom stereocenters. The molecule has 24 heavy (non-hydrogen) atoms. The maximum atomic E-state index is 2.62. The standard InChI is InChI=1S/C23H25N/c1-17-14-22(19-8-4-3-5-9-19)15-18(2)24(17)23-13-12-20-10-6-7-11-21(20)16-23/h3-13,16-18,22H,14-15H2,1-2H3/t17-,18-/m1/s1. The van der Waals surface area contributed by atoms with Crippen molar-refractivity contribution in [2.24, 2.45) is 0 Å². The number of hydrogen-bond acceptors (Lipinski definition) is 1. The molecule has 3 aromatic rings. The van der Waals surface area contributed by atoms with Crippen molar-refractivity contribution in [2.45, 2.75) is 44.7 Å². The van der Waals surface area contributed by atoms with E-state index in [0.717, 1.165) is 0 Å². The molecule has 0 aromatic heterocycles. The summed E-state index contributed by atoms with van der Waals surface area (Å²) < 4.78 is 0. The zero-order chi connectivity index (χ0) is 16.5.